The van der Waals surface area contributed by atoms with Crippen LogP contribution in [0.2, 0.25) is 0 Å². The van der Waals surface area contributed by atoms with Crippen LogP contribution in [0.15, 0.2) is 40.8 Å². The van der Waals surface area contributed by atoms with Crippen molar-refractivity contribution in [2.24, 2.45) is 5.73 Å². The highest BCUT2D eigenvalue weighted by atomic mass is 32.1. The normalized spacial score (nSPS) is 15.0. The zero-order valence-electron chi connectivity index (χ0n) is 22.7. The highest BCUT2D eigenvalue weighted by molar-refractivity contribution is 7.09. The molecular weight excluding hydrogens is 514 g/mol. The summed E-state index contributed by atoms with van der Waals surface area (Å²) in [5.74, 6) is 0.931. The summed E-state index contributed by atoms with van der Waals surface area (Å²) in [5, 5.41) is 13.0. The summed E-state index contributed by atoms with van der Waals surface area (Å²) in [6.45, 7) is 7.32. The molecule has 0 saturated carbocycles. The quantitative estimate of drug-likeness (QED) is 0.346. The average molecular weight is 548 g/mol. The van der Waals surface area contributed by atoms with Gasteiger partial charge in [0.05, 0.1) is 37.2 Å². The van der Waals surface area contributed by atoms with Crippen LogP contribution in [0, 0.1) is 18.3 Å². The number of aromatic nitrogens is 4. The second-order valence-corrected chi connectivity index (χ2v) is 10.2. The number of nitriles is 1. The van der Waals surface area contributed by atoms with Crippen LogP contribution < -0.4 is 20.9 Å². The smallest absolute Gasteiger partial charge is 0.278 e. The van der Waals surface area contributed by atoms with E-state index < -0.39 is 5.56 Å². The molecule has 1 saturated heterocycles. The second kappa shape index (κ2) is 12.2. The Morgan fingerprint density at radius 3 is 2.79 bits per heavy atom. The van der Waals surface area contributed by atoms with Crippen molar-refractivity contribution >= 4 is 34.0 Å². The number of nitrogens with zero attached hydrogens (tertiary/aromatic N) is 6. The standard InChI is InChI=1S/C26H27N7O3S.C2H6/c1-16-30-19(14-37-16)12-33-24-23(21(10-27)25(33)31-8-4-6-18(28)11-31)29-15-32(26(24)35)13-22(34)17-5-3-7-20(9-17)36-2;1-2/h3,5,7,9,14-15,18H,4,6,8,11-13,28H2,1-2H3;1-2H3. The number of methoxy groups -OCH3 is 1. The maximum absolute atomic E-state index is 13.8. The molecule has 11 heteroatoms. The number of hydrogen-bond donors (Lipinski definition) is 1. The van der Waals surface area contributed by atoms with Crippen molar-refractivity contribution in [1.29, 1.82) is 5.26 Å². The van der Waals surface area contributed by atoms with Crippen molar-refractivity contribution in [1.82, 2.24) is 19.1 Å². The second-order valence-electron chi connectivity index (χ2n) is 9.13. The Kier molecular flexibility index (Phi) is 8.79. The van der Waals surface area contributed by atoms with Crippen LogP contribution in [-0.4, -0.2) is 51.1 Å². The predicted octanol–water partition coefficient (Wildman–Crippen LogP) is 3.73. The third kappa shape index (κ3) is 5.72. The molecule has 2 N–H and O–H groups in total. The molecule has 39 heavy (non-hydrogen) atoms. The van der Waals surface area contributed by atoms with Gasteiger partial charge in [0.2, 0.25) is 0 Å². The lowest BCUT2D eigenvalue weighted by Gasteiger charge is -2.33. The van der Waals surface area contributed by atoms with Gasteiger partial charge in [-0.1, -0.05) is 26.0 Å². The molecule has 0 amide bonds. The number of carbonyl (C=O) groups is 1. The first-order valence-electron chi connectivity index (χ1n) is 13.0. The minimum atomic E-state index is -0.391. The fourth-order valence-electron chi connectivity index (χ4n) is 4.84. The first kappa shape index (κ1) is 28.0. The monoisotopic (exact) mass is 547 g/mol. The van der Waals surface area contributed by atoms with E-state index >= 15 is 0 Å². The number of hydrogen-bond acceptors (Lipinski definition) is 9. The molecule has 0 bridgehead atoms. The Balaban J connectivity index is 0.00000172. The van der Waals surface area contributed by atoms with Crippen LogP contribution in [0.5, 0.6) is 5.75 Å². The van der Waals surface area contributed by atoms with Gasteiger partial charge in [0.1, 0.15) is 34.2 Å². The summed E-state index contributed by atoms with van der Waals surface area (Å²) in [6.07, 6.45) is 3.13. The van der Waals surface area contributed by atoms with Crippen molar-refractivity contribution in [3.63, 3.8) is 0 Å². The van der Waals surface area contributed by atoms with E-state index in [9.17, 15) is 14.9 Å². The van der Waals surface area contributed by atoms with Crippen molar-refractivity contribution in [2.75, 3.05) is 25.1 Å². The summed E-state index contributed by atoms with van der Waals surface area (Å²) >= 11 is 1.52. The van der Waals surface area contributed by atoms with Crippen molar-refractivity contribution in [2.45, 2.75) is 52.7 Å². The van der Waals surface area contributed by atoms with Gasteiger partial charge in [-0.25, -0.2) is 9.97 Å². The lowest BCUT2D eigenvalue weighted by Crippen LogP contribution is -2.44. The summed E-state index contributed by atoms with van der Waals surface area (Å²) in [5.41, 5.74) is 8.02. The number of carbonyl (C=O) groups excluding carboxylic acids is 1. The minimum absolute atomic E-state index is 0.0293. The Morgan fingerprint density at radius 1 is 1.33 bits per heavy atom. The van der Waals surface area contributed by atoms with Gasteiger partial charge in [-0.3, -0.25) is 14.2 Å². The van der Waals surface area contributed by atoms with Crippen LogP contribution in [0.3, 0.4) is 0 Å². The summed E-state index contributed by atoms with van der Waals surface area (Å²) in [4.78, 5) is 38.0. The number of thiazole rings is 1. The highest BCUT2D eigenvalue weighted by Crippen LogP contribution is 2.32. The molecule has 204 valence electrons. The van der Waals surface area contributed by atoms with Gasteiger partial charge < -0.3 is 19.9 Å². The van der Waals surface area contributed by atoms with E-state index in [0.29, 0.717) is 41.3 Å². The van der Waals surface area contributed by atoms with E-state index in [0.717, 1.165) is 30.1 Å². The number of nitrogens with two attached hydrogens (primary N) is 1. The van der Waals surface area contributed by atoms with Crippen molar-refractivity contribution in [3.8, 4) is 11.8 Å². The van der Waals surface area contributed by atoms with E-state index in [1.54, 1.807) is 24.3 Å². The number of benzene rings is 1. The molecule has 0 spiro atoms. The summed E-state index contributed by atoms with van der Waals surface area (Å²) < 4.78 is 8.33. The Labute approximate surface area is 231 Å². The molecule has 1 fully saturated rings. The fourth-order valence-corrected chi connectivity index (χ4v) is 5.44. The average Bonchev–Trinajstić information content (AvgIpc) is 3.51. The lowest BCUT2D eigenvalue weighted by atomic mass is 10.1. The molecule has 0 aliphatic carbocycles. The van der Waals surface area contributed by atoms with Gasteiger partial charge >= 0.3 is 0 Å². The topological polar surface area (TPSA) is 132 Å². The Bertz CT molecular complexity index is 1580. The van der Waals surface area contributed by atoms with Crippen LogP contribution in [0.25, 0.3) is 11.0 Å². The number of ether oxygens (including phenoxy) is 1. The van der Waals surface area contributed by atoms with Crippen LogP contribution in [-0.2, 0) is 13.1 Å². The molecule has 4 heterocycles. The molecular formula is C28H33N7O3S. The fraction of sp³-hybridized carbons (Fsp3) is 0.393. The number of piperidine rings is 1. The van der Waals surface area contributed by atoms with Gasteiger partial charge in [0.25, 0.3) is 5.56 Å². The van der Waals surface area contributed by atoms with E-state index in [2.05, 4.69) is 20.9 Å². The van der Waals surface area contributed by atoms with Gasteiger partial charge in [-0.15, -0.1) is 11.3 Å². The van der Waals surface area contributed by atoms with Gasteiger partial charge in [-0.2, -0.15) is 5.26 Å². The minimum Gasteiger partial charge on any atom is -0.497 e. The number of anilines is 1. The first-order chi connectivity index (χ1) is 18.9. The summed E-state index contributed by atoms with van der Waals surface area (Å²) in [7, 11) is 1.53. The Morgan fingerprint density at radius 2 is 2.13 bits per heavy atom. The van der Waals surface area contributed by atoms with E-state index in [-0.39, 0.29) is 23.9 Å². The molecule has 5 rings (SSSR count). The van der Waals surface area contributed by atoms with Crippen LogP contribution in [0.1, 0.15) is 53.3 Å². The largest absolute Gasteiger partial charge is 0.497 e. The van der Waals surface area contributed by atoms with E-state index in [1.807, 2.05) is 30.7 Å². The molecule has 1 aliphatic rings. The SMILES string of the molecule is CC.COc1cccc(C(=O)Cn2cnc3c(C#N)c(N4CCCC(N)C4)n(Cc4csc(C)n4)c3c2=O)c1. The Hall–Kier alpha value is -4.01. The number of rotatable bonds is 7. The lowest BCUT2D eigenvalue weighted by molar-refractivity contribution is 0.0970. The number of aryl methyl sites for hydroxylation is 1. The zero-order valence-corrected chi connectivity index (χ0v) is 23.5. The molecule has 1 aliphatic heterocycles. The van der Waals surface area contributed by atoms with Crippen molar-refractivity contribution in [3.05, 3.63) is 68.2 Å². The van der Waals surface area contributed by atoms with Crippen LogP contribution in [0.4, 0.5) is 5.82 Å². The summed E-state index contributed by atoms with van der Waals surface area (Å²) in [6, 6.07) is 9.04. The maximum Gasteiger partial charge on any atom is 0.278 e. The van der Waals surface area contributed by atoms with E-state index in [4.69, 9.17) is 10.5 Å². The third-order valence-corrected chi connectivity index (χ3v) is 7.38. The van der Waals surface area contributed by atoms with E-state index in [1.165, 1.54) is 29.3 Å². The van der Waals surface area contributed by atoms with Crippen molar-refractivity contribution < 1.29 is 9.53 Å². The van der Waals surface area contributed by atoms with Crippen LogP contribution >= 0.6 is 11.3 Å². The molecule has 10 nitrogen and oxygen atoms in total. The molecule has 1 atom stereocenters. The number of ketones is 1. The highest BCUT2D eigenvalue weighted by Gasteiger charge is 2.29. The number of Topliss-reactive ketones (excluding diaryl/α,β-unsaturated/α-hetero) is 1. The molecule has 3 aromatic heterocycles. The zero-order chi connectivity index (χ0) is 28.1. The van der Waals surface area contributed by atoms with Gasteiger partial charge in [-0.05, 0) is 31.9 Å². The maximum atomic E-state index is 13.8. The molecule has 1 unspecified atom stereocenters. The van der Waals surface area contributed by atoms with Gasteiger partial charge in [0, 0.05) is 30.1 Å². The molecule has 1 aromatic carbocycles. The third-order valence-electron chi connectivity index (χ3n) is 6.56. The van der Waals surface area contributed by atoms with Gasteiger partial charge in [0.15, 0.2) is 5.78 Å². The number of fused-ring (bicyclic) bond motifs is 1. The first-order valence-corrected chi connectivity index (χ1v) is 13.9. The predicted molar refractivity (Wildman–Crippen MR) is 153 cm³/mol. The molecule has 0 radical (unpaired) electrons. The molecule has 4 aromatic rings.